The highest BCUT2D eigenvalue weighted by Crippen LogP contribution is 2.39. The Labute approximate surface area is 161 Å². The van der Waals surface area contributed by atoms with Gasteiger partial charge < -0.3 is 14.4 Å². The number of ether oxygens (including phenoxy) is 2. The number of H-pyrrole nitrogens is 1. The van der Waals surface area contributed by atoms with Gasteiger partial charge in [-0.25, -0.2) is 0 Å². The van der Waals surface area contributed by atoms with Crippen molar-refractivity contribution in [3.05, 3.63) is 53.0 Å². The van der Waals surface area contributed by atoms with Crippen LogP contribution < -0.4 is 9.47 Å². The predicted octanol–water partition coefficient (Wildman–Crippen LogP) is 4.13. The number of likely N-dealkylation sites (tertiary alicyclic amines) is 1. The largest absolute Gasteiger partial charge is 0.497 e. The highest BCUT2D eigenvalue weighted by Gasteiger charge is 2.33. The molecule has 1 saturated heterocycles. The molecule has 1 fully saturated rings. The summed E-state index contributed by atoms with van der Waals surface area (Å²) in [6.07, 6.45) is 1.83. The average Bonchev–Trinajstić information content (AvgIpc) is 3.47. The number of aromatic nitrogens is 2. The number of nitrogens with one attached hydrogen (secondary N) is 1. The number of carbonyl (C=O) groups is 1. The predicted molar refractivity (Wildman–Crippen MR) is 104 cm³/mol. The number of carbonyl (C=O) groups excluding carboxylic acids is 1. The molecule has 3 heterocycles. The van der Waals surface area contributed by atoms with Gasteiger partial charge in [-0.1, -0.05) is 6.07 Å². The van der Waals surface area contributed by atoms with Gasteiger partial charge in [0, 0.05) is 12.1 Å². The van der Waals surface area contributed by atoms with Crippen LogP contribution in [0.4, 0.5) is 0 Å². The molecule has 1 amide bonds. The zero-order valence-electron chi connectivity index (χ0n) is 15.3. The molecule has 0 aliphatic carbocycles. The maximum absolute atomic E-state index is 13.1. The molecule has 27 heavy (non-hydrogen) atoms. The maximum atomic E-state index is 13.1. The van der Waals surface area contributed by atoms with Crippen LogP contribution in [0.3, 0.4) is 0 Å². The summed E-state index contributed by atoms with van der Waals surface area (Å²) in [5.74, 6) is 1.45. The number of benzene rings is 1. The lowest BCUT2D eigenvalue weighted by atomic mass is 10.0. The number of nitrogens with zero attached hydrogens (tertiary/aromatic N) is 2. The monoisotopic (exact) mass is 383 g/mol. The Morgan fingerprint density at radius 1 is 1.26 bits per heavy atom. The smallest absolute Gasteiger partial charge is 0.274 e. The summed E-state index contributed by atoms with van der Waals surface area (Å²) in [5, 5.41) is 9.23. The molecule has 1 aliphatic heterocycles. The van der Waals surface area contributed by atoms with E-state index < -0.39 is 0 Å². The van der Waals surface area contributed by atoms with E-state index >= 15 is 0 Å². The number of methoxy groups -OCH3 is 2. The van der Waals surface area contributed by atoms with Crippen molar-refractivity contribution < 1.29 is 14.3 Å². The maximum Gasteiger partial charge on any atom is 0.274 e. The first-order chi connectivity index (χ1) is 13.2. The Morgan fingerprint density at radius 3 is 2.89 bits per heavy atom. The Kier molecular flexibility index (Phi) is 4.85. The van der Waals surface area contributed by atoms with E-state index in [4.69, 9.17) is 9.47 Å². The summed E-state index contributed by atoms with van der Waals surface area (Å²) in [5.41, 5.74) is 2.27. The van der Waals surface area contributed by atoms with Crippen molar-refractivity contribution >= 4 is 17.2 Å². The Hall–Kier alpha value is -2.80. The lowest BCUT2D eigenvalue weighted by molar-refractivity contribution is 0.0728. The van der Waals surface area contributed by atoms with E-state index in [9.17, 15) is 4.79 Å². The van der Waals surface area contributed by atoms with Crippen LogP contribution in [0.5, 0.6) is 11.5 Å². The Balaban J connectivity index is 1.63. The first kappa shape index (κ1) is 17.6. The topological polar surface area (TPSA) is 67.5 Å². The van der Waals surface area contributed by atoms with Crippen molar-refractivity contribution in [1.29, 1.82) is 0 Å². The van der Waals surface area contributed by atoms with Crippen molar-refractivity contribution in [1.82, 2.24) is 15.1 Å². The third-order valence-corrected chi connectivity index (χ3v) is 5.80. The highest BCUT2D eigenvalue weighted by molar-refractivity contribution is 7.13. The molecule has 140 valence electrons. The molecule has 0 bridgehead atoms. The van der Waals surface area contributed by atoms with Gasteiger partial charge in [0.2, 0.25) is 0 Å². The molecule has 6 nitrogen and oxygen atoms in total. The number of hydrogen-bond acceptors (Lipinski definition) is 5. The first-order valence-electron chi connectivity index (χ1n) is 8.83. The molecule has 1 unspecified atom stereocenters. The number of amides is 1. The van der Waals surface area contributed by atoms with Crippen molar-refractivity contribution in [3.8, 4) is 22.1 Å². The summed E-state index contributed by atoms with van der Waals surface area (Å²) in [6.45, 7) is 0.699. The zero-order chi connectivity index (χ0) is 18.8. The molecule has 0 spiro atoms. The fourth-order valence-electron chi connectivity index (χ4n) is 3.57. The summed E-state index contributed by atoms with van der Waals surface area (Å²) in [7, 11) is 3.28. The fraction of sp³-hybridized carbons (Fsp3) is 0.300. The molecule has 3 aromatic rings. The van der Waals surface area contributed by atoms with E-state index in [1.807, 2.05) is 46.7 Å². The van der Waals surface area contributed by atoms with Gasteiger partial charge in [-0.05, 0) is 48.6 Å². The van der Waals surface area contributed by atoms with Gasteiger partial charge in [-0.2, -0.15) is 5.10 Å². The molecule has 2 aromatic heterocycles. The Bertz CT molecular complexity index is 936. The molecule has 0 radical (unpaired) electrons. The van der Waals surface area contributed by atoms with Gasteiger partial charge in [-0.3, -0.25) is 9.89 Å². The minimum atomic E-state index is -0.0681. The van der Waals surface area contributed by atoms with Crippen molar-refractivity contribution in [2.75, 3.05) is 20.8 Å². The zero-order valence-corrected chi connectivity index (χ0v) is 16.1. The summed E-state index contributed by atoms with van der Waals surface area (Å²) < 4.78 is 10.9. The molecule has 1 aliphatic rings. The molecule has 1 N–H and O–H groups in total. The molecule has 4 rings (SSSR count). The molecule has 7 heteroatoms. The number of aromatic amines is 1. The third-order valence-electron chi connectivity index (χ3n) is 4.89. The quantitative estimate of drug-likeness (QED) is 0.719. The summed E-state index contributed by atoms with van der Waals surface area (Å²) in [4.78, 5) is 16.1. The second-order valence-electron chi connectivity index (χ2n) is 6.41. The lowest BCUT2D eigenvalue weighted by Gasteiger charge is -2.26. The fourth-order valence-corrected chi connectivity index (χ4v) is 4.26. The SMILES string of the molecule is COc1ccc(OC)c(C2CCCN2C(=O)c2cc(-c3cccs3)[nH]n2)c1. The minimum absolute atomic E-state index is 0.0514. The average molecular weight is 383 g/mol. The van der Waals surface area contributed by atoms with E-state index in [2.05, 4.69) is 10.2 Å². The number of rotatable bonds is 5. The number of hydrogen-bond donors (Lipinski definition) is 1. The van der Waals surface area contributed by atoms with Gasteiger partial charge >= 0.3 is 0 Å². The van der Waals surface area contributed by atoms with Gasteiger partial charge in [-0.15, -0.1) is 11.3 Å². The number of thiophene rings is 1. The van der Waals surface area contributed by atoms with Gasteiger partial charge in [0.05, 0.1) is 30.8 Å². The summed E-state index contributed by atoms with van der Waals surface area (Å²) >= 11 is 1.61. The van der Waals surface area contributed by atoms with E-state index in [-0.39, 0.29) is 11.9 Å². The second kappa shape index (κ2) is 7.44. The molecular weight excluding hydrogens is 362 g/mol. The van der Waals surface area contributed by atoms with Crippen LogP contribution in [-0.2, 0) is 0 Å². The van der Waals surface area contributed by atoms with E-state index in [0.717, 1.165) is 40.5 Å². The minimum Gasteiger partial charge on any atom is -0.497 e. The lowest BCUT2D eigenvalue weighted by Crippen LogP contribution is -2.31. The van der Waals surface area contributed by atoms with Gasteiger partial charge in [0.25, 0.3) is 5.91 Å². The van der Waals surface area contributed by atoms with Crippen LogP contribution in [0.1, 0.15) is 34.9 Å². The van der Waals surface area contributed by atoms with Crippen LogP contribution >= 0.6 is 11.3 Å². The molecule has 1 atom stereocenters. The third kappa shape index (κ3) is 3.30. The highest BCUT2D eigenvalue weighted by atomic mass is 32.1. The van der Waals surface area contributed by atoms with Gasteiger partial charge in [0.15, 0.2) is 5.69 Å². The Morgan fingerprint density at radius 2 is 2.15 bits per heavy atom. The van der Waals surface area contributed by atoms with E-state index in [1.165, 1.54) is 0 Å². The van der Waals surface area contributed by atoms with Crippen LogP contribution in [0.15, 0.2) is 41.8 Å². The first-order valence-corrected chi connectivity index (χ1v) is 9.71. The molecular formula is C20H21N3O3S. The summed E-state index contributed by atoms with van der Waals surface area (Å²) in [6, 6.07) is 11.5. The van der Waals surface area contributed by atoms with Crippen molar-refractivity contribution in [3.63, 3.8) is 0 Å². The molecule has 0 saturated carbocycles. The van der Waals surface area contributed by atoms with E-state index in [0.29, 0.717) is 12.2 Å². The van der Waals surface area contributed by atoms with Crippen molar-refractivity contribution in [2.24, 2.45) is 0 Å². The van der Waals surface area contributed by atoms with Crippen LogP contribution in [-0.4, -0.2) is 41.8 Å². The normalized spacial score (nSPS) is 16.5. The van der Waals surface area contributed by atoms with E-state index in [1.54, 1.807) is 25.6 Å². The van der Waals surface area contributed by atoms with Gasteiger partial charge in [0.1, 0.15) is 11.5 Å². The second-order valence-corrected chi connectivity index (χ2v) is 7.36. The standard InChI is InChI=1S/C20H21N3O3S/c1-25-13-7-8-18(26-2)14(11-13)17-5-3-9-23(17)20(24)16-12-15(21-22-16)19-6-4-10-27-19/h4,6-8,10-12,17H,3,5,9H2,1-2H3,(H,21,22). The van der Waals surface area contributed by atoms with Crippen LogP contribution in [0.2, 0.25) is 0 Å². The van der Waals surface area contributed by atoms with Crippen LogP contribution in [0, 0.1) is 0 Å². The molecule has 1 aromatic carbocycles. The van der Waals surface area contributed by atoms with Crippen LogP contribution in [0.25, 0.3) is 10.6 Å². The van der Waals surface area contributed by atoms with Crippen molar-refractivity contribution in [2.45, 2.75) is 18.9 Å².